The molecule has 1 nitrogen and oxygen atoms in total. The third kappa shape index (κ3) is 1.78. The first-order chi connectivity index (χ1) is 8.65. The maximum absolute atomic E-state index is 13.2. The van der Waals surface area contributed by atoms with Crippen molar-refractivity contribution >= 4 is 21.9 Å². The van der Waals surface area contributed by atoms with Crippen LogP contribution in [0.5, 0.6) is 0 Å². The molecule has 18 heavy (non-hydrogen) atoms. The molecule has 0 N–H and O–H groups in total. The maximum Gasteiger partial charge on any atom is 0.138 e. The fourth-order valence-corrected chi connectivity index (χ4v) is 2.48. The Bertz CT molecular complexity index is 710. The molecule has 0 saturated carbocycles. The van der Waals surface area contributed by atoms with Crippen LogP contribution in [0.2, 0.25) is 0 Å². The molecule has 1 heterocycles. The number of benzene rings is 2. The van der Waals surface area contributed by atoms with E-state index in [-0.39, 0.29) is 5.82 Å². The molecule has 0 aliphatic rings. The zero-order chi connectivity index (χ0) is 12.7. The first-order valence-corrected chi connectivity index (χ1v) is 6.25. The number of fused-ring (bicyclic) bond motifs is 3. The van der Waals surface area contributed by atoms with E-state index in [0.717, 1.165) is 22.8 Å². The Balaban J connectivity index is 2.34. The van der Waals surface area contributed by atoms with Crippen LogP contribution >= 0.6 is 0 Å². The van der Waals surface area contributed by atoms with E-state index < -0.39 is 0 Å². The summed E-state index contributed by atoms with van der Waals surface area (Å²) in [6.07, 6.45) is 1.00. The number of rotatable bonds is 2. The van der Waals surface area contributed by atoms with Gasteiger partial charge in [-0.15, -0.1) is 0 Å². The van der Waals surface area contributed by atoms with E-state index in [2.05, 4.69) is 19.9 Å². The lowest BCUT2D eigenvalue weighted by molar-refractivity contribution is 0.618. The fraction of sp³-hybridized carbons (Fsp3) is 0.250. The summed E-state index contributed by atoms with van der Waals surface area (Å²) >= 11 is 0. The van der Waals surface area contributed by atoms with Crippen LogP contribution in [0.3, 0.4) is 0 Å². The molecule has 2 heteroatoms. The topological polar surface area (TPSA) is 13.1 Å². The SMILES string of the molecule is CC(C)Cc1cccc2oc3cc(F)ccc3c12. The van der Waals surface area contributed by atoms with Gasteiger partial charge in [-0.1, -0.05) is 26.0 Å². The van der Waals surface area contributed by atoms with Gasteiger partial charge in [0.15, 0.2) is 0 Å². The molecule has 0 radical (unpaired) electrons. The van der Waals surface area contributed by atoms with Gasteiger partial charge in [-0.25, -0.2) is 4.39 Å². The monoisotopic (exact) mass is 242 g/mol. The molecule has 0 unspecified atom stereocenters. The summed E-state index contributed by atoms with van der Waals surface area (Å²) in [6, 6.07) is 10.8. The molecule has 0 aliphatic carbocycles. The van der Waals surface area contributed by atoms with Crippen molar-refractivity contribution < 1.29 is 8.81 Å². The van der Waals surface area contributed by atoms with E-state index in [1.54, 1.807) is 6.07 Å². The van der Waals surface area contributed by atoms with Gasteiger partial charge >= 0.3 is 0 Å². The largest absolute Gasteiger partial charge is 0.456 e. The number of hydrogen-bond donors (Lipinski definition) is 0. The highest BCUT2D eigenvalue weighted by atomic mass is 19.1. The van der Waals surface area contributed by atoms with Crippen molar-refractivity contribution in [2.45, 2.75) is 20.3 Å². The van der Waals surface area contributed by atoms with Gasteiger partial charge in [0, 0.05) is 16.8 Å². The van der Waals surface area contributed by atoms with Crippen LogP contribution in [0.15, 0.2) is 40.8 Å². The normalized spacial score (nSPS) is 11.8. The molecule has 3 rings (SSSR count). The molecular formula is C16H15FO. The van der Waals surface area contributed by atoms with Gasteiger partial charge < -0.3 is 4.42 Å². The average molecular weight is 242 g/mol. The third-order valence-electron chi connectivity index (χ3n) is 3.17. The molecule has 0 saturated heterocycles. The Labute approximate surface area is 105 Å². The van der Waals surface area contributed by atoms with Gasteiger partial charge in [0.2, 0.25) is 0 Å². The van der Waals surface area contributed by atoms with Crippen molar-refractivity contribution in [1.29, 1.82) is 0 Å². The predicted molar refractivity (Wildman–Crippen MR) is 72.2 cm³/mol. The molecule has 92 valence electrons. The Kier molecular flexibility index (Phi) is 2.58. The molecule has 0 amide bonds. The van der Waals surface area contributed by atoms with E-state index in [1.165, 1.54) is 17.7 Å². The van der Waals surface area contributed by atoms with Crippen LogP contribution in [0.1, 0.15) is 19.4 Å². The van der Waals surface area contributed by atoms with Gasteiger partial charge in [0.05, 0.1) is 0 Å². The molecule has 0 fully saturated rings. The first kappa shape index (κ1) is 11.3. The van der Waals surface area contributed by atoms with Crippen LogP contribution in [-0.2, 0) is 6.42 Å². The van der Waals surface area contributed by atoms with E-state index in [0.29, 0.717) is 11.5 Å². The van der Waals surface area contributed by atoms with Gasteiger partial charge in [0.1, 0.15) is 17.0 Å². The summed E-state index contributed by atoms with van der Waals surface area (Å²) in [6.45, 7) is 4.39. The second-order valence-electron chi connectivity index (χ2n) is 5.13. The van der Waals surface area contributed by atoms with E-state index in [9.17, 15) is 4.39 Å². The van der Waals surface area contributed by atoms with Crippen molar-refractivity contribution in [2.75, 3.05) is 0 Å². The Morgan fingerprint density at radius 1 is 1.11 bits per heavy atom. The third-order valence-corrected chi connectivity index (χ3v) is 3.17. The first-order valence-electron chi connectivity index (χ1n) is 6.25. The van der Waals surface area contributed by atoms with Crippen LogP contribution in [0, 0.1) is 11.7 Å². The minimum atomic E-state index is -0.257. The van der Waals surface area contributed by atoms with Gasteiger partial charge in [-0.05, 0) is 36.1 Å². The smallest absolute Gasteiger partial charge is 0.138 e. The number of halogens is 1. The Morgan fingerprint density at radius 3 is 2.72 bits per heavy atom. The van der Waals surface area contributed by atoms with Crippen LogP contribution in [0.25, 0.3) is 21.9 Å². The minimum absolute atomic E-state index is 0.257. The summed E-state index contributed by atoms with van der Waals surface area (Å²) in [5.41, 5.74) is 2.74. The summed E-state index contributed by atoms with van der Waals surface area (Å²) in [5.74, 6) is 0.327. The van der Waals surface area contributed by atoms with Crippen molar-refractivity contribution in [1.82, 2.24) is 0 Å². The predicted octanol–water partition coefficient (Wildman–Crippen LogP) is 4.92. The molecule has 0 spiro atoms. The highest BCUT2D eigenvalue weighted by Gasteiger charge is 2.12. The standard InChI is InChI=1S/C16H15FO/c1-10(2)8-11-4-3-5-14-16(11)13-7-6-12(17)9-15(13)18-14/h3-7,9-10H,8H2,1-2H3. The Hall–Kier alpha value is -1.83. The lowest BCUT2D eigenvalue weighted by Gasteiger charge is -2.06. The van der Waals surface area contributed by atoms with Gasteiger partial charge in [-0.2, -0.15) is 0 Å². The van der Waals surface area contributed by atoms with Gasteiger partial charge in [0.25, 0.3) is 0 Å². The lowest BCUT2D eigenvalue weighted by Crippen LogP contribution is -1.94. The van der Waals surface area contributed by atoms with Crippen LogP contribution in [0.4, 0.5) is 4.39 Å². The van der Waals surface area contributed by atoms with Crippen LogP contribution in [-0.4, -0.2) is 0 Å². The zero-order valence-corrected chi connectivity index (χ0v) is 10.5. The molecule has 3 aromatic rings. The lowest BCUT2D eigenvalue weighted by atomic mass is 9.98. The average Bonchev–Trinajstić information content (AvgIpc) is 2.66. The molecule has 1 aromatic heterocycles. The second kappa shape index (κ2) is 4.13. The molecule has 0 atom stereocenters. The number of hydrogen-bond acceptors (Lipinski definition) is 1. The van der Waals surface area contributed by atoms with Crippen LogP contribution < -0.4 is 0 Å². The zero-order valence-electron chi connectivity index (χ0n) is 10.5. The maximum atomic E-state index is 13.2. The van der Waals surface area contributed by atoms with Crippen molar-refractivity contribution in [3.05, 3.63) is 47.8 Å². The summed E-state index contributed by atoms with van der Waals surface area (Å²) in [4.78, 5) is 0. The molecular weight excluding hydrogens is 227 g/mol. The molecule has 0 aliphatic heterocycles. The quantitative estimate of drug-likeness (QED) is 0.621. The van der Waals surface area contributed by atoms with Crippen molar-refractivity contribution in [3.8, 4) is 0 Å². The van der Waals surface area contributed by atoms with E-state index in [4.69, 9.17) is 4.42 Å². The van der Waals surface area contributed by atoms with E-state index in [1.807, 2.05) is 12.1 Å². The second-order valence-corrected chi connectivity index (χ2v) is 5.13. The van der Waals surface area contributed by atoms with Crippen molar-refractivity contribution in [3.63, 3.8) is 0 Å². The summed E-state index contributed by atoms with van der Waals surface area (Å²) < 4.78 is 18.9. The van der Waals surface area contributed by atoms with E-state index >= 15 is 0 Å². The minimum Gasteiger partial charge on any atom is -0.456 e. The Morgan fingerprint density at radius 2 is 1.94 bits per heavy atom. The highest BCUT2D eigenvalue weighted by Crippen LogP contribution is 2.32. The highest BCUT2D eigenvalue weighted by molar-refractivity contribution is 6.06. The fourth-order valence-electron chi connectivity index (χ4n) is 2.48. The van der Waals surface area contributed by atoms with Crippen molar-refractivity contribution in [2.24, 2.45) is 5.92 Å². The number of furan rings is 1. The summed E-state index contributed by atoms with van der Waals surface area (Å²) in [7, 11) is 0. The molecule has 0 bridgehead atoms. The molecule has 2 aromatic carbocycles. The summed E-state index contributed by atoms with van der Waals surface area (Å²) in [5, 5.41) is 2.13. The van der Waals surface area contributed by atoms with Gasteiger partial charge in [-0.3, -0.25) is 0 Å².